The van der Waals surface area contributed by atoms with Crippen LogP contribution in [0, 0.1) is 18.8 Å². The van der Waals surface area contributed by atoms with Crippen molar-refractivity contribution in [2.75, 3.05) is 6.54 Å². The molecule has 3 N–H and O–H groups in total. The lowest BCUT2D eigenvalue weighted by Crippen LogP contribution is -2.47. The maximum Gasteiger partial charge on any atom is 0.252 e. The summed E-state index contributed by atoms with van der Waals surface area (Å²) in [5, 5.41) is 3.19. The molecule has 0 saturated carbocycles. The molecule has 0 aliphatic carbocycles. The Hall–Kier alpha value is -1.79. The number of hydrogen-bond donors (Lipinski definition) is 2. The van der Waals surface area contributed by atoms with E-state index in [9.17, 15) is 4.79 Å². The highest BCUT2D eigenvalue weighted by Crippen LogP contribution is 2.21. The predicted octanol–water partition coefficient (Wildman–Crippen LogP) is 3.00. The highest BCUT2D eigenvalue weighted by molar-refractivity contribution is 5.97. The molecule has 0 aliphatic heterocycles. The minimum absolute atomic E-state index is 0.0538. The Balaban J connectivity index is 3.12. The molecular formula is C18H26N2O. The van der Waals surface area contributed by atoms with E-state index in [1.807, 2.05) is 25.1 Å². The third-order valence-corrected chi connectivity index (χ3v) is 4.15. The third kappa shape index (κ3) is 4.34. The number of carbonyl (C=O) groups is 1. The number of benzene rings is 1. The summed E-state index contributed by atoms with van der Waals surface area (Å²) in [6.07, 6.45) is 2.75. The number of rotatable bonds is 5. The molecule has 21 heavy (non-hydrogen) atoms. The largest absolute Gasteiger partial charge is 0.347 e. The van der Waals surface area contributed by atoms with Gasteiger partial charge in [0.25, 0.3) is 5.91 Å². The highest BCUT2D eigenvalue weighted by Gasteiger charge is 2.26. The second-order valence-corrected chi connectivity index (χ2v) is 5.35. The Labute approximate surface area is 128 Å². The van der Waals surface area contributed by atoms with Gasteiger partial charge in [-0.2, -0.15) is 0 Å². The molecule has 1 aromatic carbocycles. The first-order valence-electron chi connectivity index (χ1n) is 7.64. The number of nitrogens with one attached hydrogen (secondary N) is 1. The summed E-state index contributed by atoms with van der Waals surface area (Å²) < 4.78 is 0. The van der Waals surface area contributed by atoms with Crippen molar-refractivity contribution in [1.82, 2.24) is 5.32 Å². The van der Waals surface area contributed by atoms with Crippen LogP contribution in [0.3, 0.4) is 0 Å². The van der Waals surface area contributed by atoms with Gasteiger partial charge in [-0.25, -0.2) is 0 Å². The Morgan fingerprint density at radius 1 is 1.24 bits per heavy atom. The van der Waals surface area contributed by atoms with Gasteiger partial charge in [-0.3, -0.25) is 4.79 Å². The van der Waals surface area contributed by atoms with Crippen LogP contribution in [0.5, 0.6) is 0 Å². The molecule has 0 fully saturated rings. The number of carbonyl (C=O) groups excluding carboxylic acids is 1. The Kier molecular flexibility index (Phi) is 6.45. The van der Waals surface area contributed by atoms with E-state index in [4.69, 9.17) is 5.73 Å². The van der Waals surface area contributed by atoms with Gasteiger partial charge in [-0.1, -0.05) is 38.7 Å². The van der Waals surface area contributed by atoms with Crippen LogP contribution in [0.2, 0.25) is 0 Å². The summed E-state index contributed by atoms with van der Waals surface area (Å²) in [5.74, 6) is 5.77. The van der Waals surface area contributed by atoms with Crippen LogP contribution < -0.4 is 11.1 Å². The Bertz CT molecular complexity index is 540. The van der Waals surface area contributed by atoms with Gasteiger partial charge in [0.1, 0.15) is 0 Å². The van der Waals surface area contributed by atoms with Crippen molar-refractivity contribution >= 4 is 5.91 Å². The Morgan fingerprint density at radius 3 is 2.38 bits per heavy atom. The number of aryl methyl sites for hydroxylation is 1. The van der Waals surface area contributed by atoms with Crippen LogP contribution in [0.4, 0.5) is 0 Å². The van der Waals surface area contributed by atoms with Gasteiger partial charge >= 0.3 is 0 Å². The maximum atomic E-state index is 12.6. The quantitative estimate of drug-likeness (QED) is 0.818. The van der Waals surface area contributed by atoms with Gasteiger partial charge in [-0.15, -0.1) is 0 Å². The monoisotopic (exact) mass is 286 g/mol. The molecule has 0 bridgehead atoms. The van der Waals surface area contributed by atoms with E-state index in [0.29, 0.717) is 5.56 Å². The summed E-state index contributed by atoms with van der Waals surface area (Å²) in [6.45, 7) is 8.61. The first-order valence-corrected chi connectivity index (χ1v) is 7.64. The first kappa shape index (κ1) is 17.3. The SMILES string of the molecule is CCC(CC)(CC)NC(=O)c1ccc(C)cc1C#CCN. The highest BCUT2D eigenvalue weighted by atomic mass is 16.1. The molecule has 1 aromatic rings. The predicted molar refractivity (Wildman–Crippen MR) is 88.2 cm³/mol. The van der Waals surface area contributed by atoms with Gasteiger partial charge in [0.05, 0.1) is 12.1 Å². The van der Waals surface area contributed by atoms with E-state index < -0.39 is 0 Å². The van der Waals surface area contributed by atoms with Crippen LogP contribution in [0.15, 0.2) is 18.2 Å². The molecule has 0 aliphatic rings. The summed E-state index contributed by atoms with van der Waals surface area (Å²) in [5.41, 5.74) is 7.75. The fourth-order valence-corrected chi connectivity index (χ4v) is 2.43. The van der Waals surface area contributed by atoms with Crippen molar-refractivity contribution in [3.63, 3.8) is 0 Å². The summed E-state index contributed by atoms with van der Waals surface area (Å²) in [6, 6.07) is 5.72. The summed E-state index contributed by atoms with van der Waals surface area (Å²) in [4.78, 5) is 12.6. The van der Waals surface area contributed by atoms with Crippen molar-refractivity contribution in [3.05, 3.63) is 34.9 Å². The topological polar surface area (TPSA) is 55.1 Å². The van der Waals surface area contributed by atoms with Crippen molar-refractivity contribution in [1.29, 1.82) is 0 Å². The van der Waals surface area contributed by atoms with Gasteiger partial charge in [-0.05, 0) is 43.9 Å². The van der Waals surface area contributed by atoms with Crippen LogP contribution in [0.25, 0.3) is 0 Å². The lowest BCUT2D eigenvalue weighted by Gasteiger charge is -2.32. The minimum atomic E-state index is -0.138. The molecule has 0 aromatic heterocycles. The zero-order valence-electron chi connectivity index (χ0n) is 13.5. The summed E-state index contributed by atoms with van der Waals surface area (Å²) in [7, 11) is 0. The fraction of sp³-hybridized carbons (Fsp3) is 0.500. The van der Waals surface area contributed by atoms with Crippen LogP contribution >= 0.6 is 0 Å². The van der Waals surface area contributed by atoms with Gasteiger partial charge < -0.3 is 11.1 Å². The van der Waals surface area contributed by atoms with E-state index in [2.05, 4.69) is 37.9 Å². The molecule has 0 unspecified atom stereocenters. The van der Waals surface area contributed by atoms with Gasteiger partial charge in [0.15, 0.2) is 0 Å². The van der Waals surface area contributed by atoms with E-state index in [-0.39, 0.29) is 18.0 Å². The molecule has 0 saturated heterocycles. The first-order chi connectivity index (χ1) is 10.0. The van der Waals surface area contributed by atoms with Crippen LogP contribution in [-0.2, 0) is 0 Å². The second-order valence-electron chi connectivity index (χ2n) is 5.35. The van der Waals surface area contributed by atoms with Gasteiger partial charge in [0.2, 0.25) is 0 Å². The molecule has 1 rings (SSSR count). The average molecular weight is 286 g/mol. The van der Waals surface area contributed by atoms with E-state index in [1.54, 1.807) is 0 Å². The van der Waals surface area contributed by atoms with Crippen LogP contribution in [-0.4, -0.2) is 18.0 Å². The molecule has 3 heteroatoms. The van der Waals surface area contributed by atoms with E-state index in [1.165, 1.54) is 0 Å². The molecule has 1 amide bonds. The zero-order chi connectivity index (χ0) is 15.9. The van der Waals surface area contributed by atoms with E-state index in [0.717, 1.165) is 30.4 Å². The fourth-order valence-electron chi connectivity index (χ4n) is 2.43. The van der Waals surface area contributed by atoms with Crippen molar-refractivity contribution in [2.24, 2.45) is 5.73 Å². The zero-order valence-corrected chi connectivity index (χ0v) is 13.5. The smallest absolute Gasteiger partial charge is 0.252 e. The normalized spacial score (nSPS) is 10.7. The average Bonchev–Trinajstić information content (AvgIpc) is 2.50. The van der Waals surface area contributed by atoms with Crippen molar-refractivity contribution in [2.45, 2.75) is 52.5 Å². The van der Waals surface area contributed by atoms with E-state index >= 15 is 0 Å². The maximum absolute atomic E-state index is 12.6. The molecule has 0 radical (unpaired) electrons. The lowest BCUT2D eigenvalue weighted by molar-refractivity contribution is 0.0888. The summed E-state index contributed by atoms with van der Waals surface area (Å²) >= 11 is 0. The molecule has 0 atom stereocenters. The second kappa shape index (κ2) is 7.85. The van der Waals surface area contributed by atoms with Crippen molar-refractivity contribution < 1.29 is 4.79 Å². The molecule has 114 valence electrons. The molecule has 0 heterocycles. The Morgan fingerprint density at radius 2 is 1.86 bits per heavy atom. The number of amides is 1. The number of hydrogen-bond acceptors (Lipinski definition) is 2. The van der Waals surface area contributed by atoms with Crippen molar-refractivity contribution in [3.8, 4) is 11.8 Å². The molecule has 0 spiro atoms. The molecular weight excluding hydrogens is 260 g/mol. The lowest BCUT2D eigenvalue weighted by atomic mass is 9.89. The minimum Gasteiger partial charge on any atom is -0.347 e. The van der Waals surface area contributed by atoms with Gasteiger partial charge in [0, 0.05) is 11.1 Å². The van der Waals surface area contributed by atoms with Crippen LogP contribution in [0.1, 0.15) is 61.5 Å². The standard InChI is InChI=1S/C18H26N2O/c1-5-18(6-2,7-3)20-17(21)16-11-10-14(4)13-15(16)9-8-12-19/h10-11,13H,5-7,12,19H2,1-4H3,(H,20,21). The third-order valence-electron chi connectivity index (χ3n) is 4.15. The number of nitrogens with two attached hydrogens (primary N) is 1. The molecule has 3 nitrogen and oxygen atoms in total.